The number of aryl methyl sites for hydroxylation is 1. The molecule has 0 spiro atoms. The van der Waals surface area contributed by atoms with Gasteiger partial charge in [0.1, 0.15) is 0 Å². The highest BCUT2D eigenvalue weighted by Gasteiger charge is 2.04. The topological polar surface area (TPSA) is 48.0 Å². The van der Waals surface area contributed by atoms with Gasteiger partial charge >= 0.3 is 0 Å². The van der Waals surface area contributed by atoms with Gasteiger partial charge in [0.15, 0.2) is 0 Å². The summed E-state index contributed by atoms with van der Waals surface area (Å²) in [7, 11) is 0. The molecule has 0 aliphatic carbocycles. The SMILES string of the molecule is Cc1c(N)cccc1Cn1cccc(C)c1=O. The molecule has 2 N–H and O–H groups in total. The number of nitrogens with two attached hydrogens (primary N) is 1. The molecular formula is C14H16N2O. The van der Waals surface area contributed by atoms with E-state index in [9.17, 15) is 4.79 Å². The van der Waals surface area contributed by atoms with Crippen LogP contribution < -0.4 is 11.3 Å². The van der Waals surface area contributed by atoms with E-state index in [-0.39, 0.29) is 5.56 Å². The average Bonchev–Trinajstić information content (AvgIpc) is 2.31. The minimum absolute atomic E-state index is 0.0503. The molecule has 0 atom stereocenters. The normalized spacial score (nSPS) is 10.5. The maximum atomic E-state index is 11.9. The van der Waals surface area contributed by atoms with Crippen LogP contribution in [0.5, 0.6) is 0 Å². The van der Waals surface area contributed by atoms with E-state index in [0.717, 1.165) is 22.4 Å². The number of nitrogens with zero attached hydrogens (tertiary/aromatic N) is 1. The van der Waals surface area contributed by atoms with Gasteiger partial charge in [-0.1, -0.05) is 18.2 Å². The van der Waals surface area contributed by atoms with Gasteiger partial charge in [0, 0.05) is 17.4 Å². The highest BCUT2D eigenvalue weighted by molar-refractivity contribution is 5.50. The van der Waals surface area contributed by atoms with Crippen LogP contribution in [-0.2, 0) is 6.54 Å². The summed E-state index contributed by atoms with van der Waals surface area (Å²) in [5.41, 5.74) is 9.55. The van der Waals surface area contributed by atoms with E-state index in [1.807, 2.05) is 44.2 Å². The lowest BCUT2D eigenvalue weighted by molar-refractivity contribution is 0.749. The Kier molecular flexibility index (Phi) is 3.00. The van der Waals surface area contributed by atoms with Crippen LogP contribution in [0.15, 0.2) is 41.3 Å². The standard InChI is InChI=1S/C14H16N2O/c1-10-5-4-8-16(14(10)17)9-12-6-3-7-13(15)11(12)2/h3-8H,9,15H2,1-2H3. The maximum Gasteiger partial charge on any atom is 0.253 e. The molecule has 88 valence electrons. The van der Waals surface area contributed by atoms with E-state index >= 15 is 0 Å². The Morgan fingerprint density at radius 3 is 2.71 bits per heavy atom. The predicted octanol–water partition coefficient (Wildman–Crippen LogP) is 2.10. The molecule has 3 nitrogen and oxygen atoms in total. The Morgan fingerprint density at radius 2 is 1.94 bits per heavy atom. The number of aromatic nitrogens is 1. The van der Waals surface area contributed by atoms with Crippen LogP contribution in [0.3, 0.4) is 0 Å². The van der Waals surface area contributed by atoms with Crippen LogP contribution >= 0.6 is 0 Å². The number of benzene rings is 1. The first-order valence-corrected chi connectivity index (χ1v) is 5.59. The highest BCUT2D eigenvalue weighted by Crippen LogP contribution is 2.16. The summed E-state index contributed by atoms with van der Waals surface area (Å²) in [6.07, 6.45) is 1.80. The number of nitrogen functional groups attached to an aromatic ring is 1. The molecule has 0 fully saturated rings. The quantitative estimate of drug-likeness (QED) is 0.800. The van der Waals surface area contributed by atoms with Gasteiger partial charge in [0.25, 0.3) is 5.56 Å². The molecule has 0 bridgehead atoms. The zero-order valence-electron chi connectivity index (χ0n) is 10.1. The van der Waals surface area contributed by atoms with E-state index < -0.39 is 0 Å². The van der Waals surface area contributed by atoms with Crippen molar-refractivity contribution in [2.75, 3.05) is 5.73 Å². The van der Waals surface area contributed by atoms with Gasteiger partial charge in [-0.15, -0.1) is 0 Å². The number of rotatable bonds is 2. The molecule has 0 aliphatic heterocycles. The number of pyridine rings is 1. The lowest BCUT2D eigenvalue weighted by Gasteiger charge is -2.10. The Labute approximate surface area is 101 Å². The van der Waals surface area contributed by atoms with Gasteiger partial charge in [0.05, 0.1) is 6.54 Å². The van der Waals surface area contributed by atoms with Crippen molar-refractivity contribution in [3.8, 4) is 0 Å². The van der Waals surface area contributed by atoms with E-state index in [1.165, 1.54) is 0 Å². The van der Waals surface area contributed by atoms with E-state index in [1.54, 1.807) is 10.8 Å². The van der Waals surface area contributed by atoms with Crippen molar-refractivity contribution in [2.24, 2.45) is 0 Å². The van der Waals surface area contributed by atoms with Gasteiger partial charge in [-0.05, 0) is 37.1 Å². The van der Waals surface area contributed by atoms with Crippen LogP contribution in [0.4, 0.5) is 5.69 Å². The molecule has 0 saturated heterocycles. The monoisotopic (exact) mass is 228 g/mol. The zero-order chi connectivity index (χ0) is 12.4. The molecule has 0 saturated carbocycles. The van der Waals surface area contributed by atoms with Crippen molar-refractivity contribution < 1.29 is 0 Å². The second kappa shape index (κ2) is 4.45. The minimum atomic E-state index is 0.0503. The maximum absolute atomic E-state index is 11.9. The van der Waals surface area contributed by atoms with Crippen LogP contribution in [0.25, 0.3) is 0 Å². The highest BCUT2D eigenvalue weighted by atomic mass is 16.1. The van der Waals surface area contributed by atoms with Gasteiger partial charge in [-0.3, -0.25) is 4.79 Å². The summed E-state index contributed by atoms with van der Waals surface area (Å²) in [5.74, 6) is 0. The van der Waals surface area contributed by atoms with E-state index in [4.69, 9.17) is 5.73 Å². The predicted molar refractivity (Wildman–Crippen MR) is 70.1 cm³/mol. The zero-order valence-corrected chi connectivity index (χ0v) is 10.1. The lowest BCUT2D eigenvalue weighted by Crippen LogP contribution is -2.22. The molecule has 2 aromatic rings. The van der Waals surface area contributed by atoms with E-state index in [2.05, 4.69) is 0 Å². The minimum Gasteiger partial charge on any atom is -0.399 e. The van der Waals surface area contributed by atoms with Crippen molar-refractivity contribution >= 4 is 5.69 Å². The largest absolute Gasteiger partial charge is 0.399 e. The first-order valence-electron chi connectivity index (χ1n) is 5.59. The Balaban J connectivity index is 2.42. The van der Waals surface area contributed by atoms with Gasteiger partial charge in [-0.25, -0.2) is 0 Å². The summed E-state index contributed by atoms with van der Waals surface area (Å²) in [6.45, 7) is 4.37. The number of anilines is 1. The van der Waals surface area contributed by atoms with Crippen molar-refractivity contribution in [2.45, 2.75) is 20.4 Å². The first-order chi connectivity index (χ1) is 8.09. The van der Waals surface area contributed by atoms with Gasteiger partial charge < -0.3 is 10.3 Å². The molecule has 2 rings (SSSR count). The van der Waals surface area contributed by atoms with Gasteiger partial charge in [0.2, 0.25) is 0 Å². The molecule has 17 heavy (non-hydrogen) atoms. The summed E-state index contributed by atoms with van der Waals surface area (Å²) in [6, 6.07) is 9.50. The fraction of sp³-hybridized carbons (Fsp3) is 0.214. The molecule has 0 radical (unpaired) electrons. The van der Waals surface area contributed by atoms with Crippen LogP contribution in [0.1, 0.15) is 16.7 Å². The van der Waals surface area contributed by atoms with Crippen molar-refractivity contribution in [3.63, 3.8) is 0 Å². The summed E-state index contributed by atoms with van der Waals surface area (Å²) >= 11 is 0. The van der Waals surface area contributed by atoms with E-state index in [0.29, 0.717) is 6.54 Å². The fourth-order valence-corrected chi connectivity index (χ4v) is 1.84. The fourth-order valence-electron chi connectivity index (χ4n) is 1.84. The van der Waals surface area contributed by atoms with Crippen molar-refractivity contribution in [1.82, 2.24) is 4.57 Å². The Bertz CT molecular complexity index is 599. The average molecular weight is 228 g/mol. The first kappa shape index (κ1) is 11.5. The molecule has 0 unspecified atom stereocenters. The van der Waals surface area contributed by atoms with Crippen LogP contribution in [0.2, 0.25) is 0 Å². The van der Waals surface area contributed by atoms with Gasteiger partial charge in [-0.2, -0.15) is 0 Å². The van der Waals surface area contributed by atoms with Crippen LogP contribution in [0, 0.1) is 13.8 Å². The second-order valence-corrected chi connectivity index (χ2v) is 4.26. The third kappa shape index (κ3) is 2.23. The summed E-state index contributed by atoms with van der Waals surface area (Å²) in [4.78, 5) is 11.9. The molecule has 1 heterocycles. The number of hydrogen-bond acceptors (Lipinski definition) is 2. The molecule has 1 aromatic carbocycles. The molecule has 0 amide bonds. The third-order valence-corrected chi connectivity index (χ3v) is 3.04. The molecular weight excluding hydrogens is 212 g/mol. The lowest BCUT2D eigenvalue weighted by atomic mass is 10.1. The Morgan fingerprint density at radius 1 is 1.18 bits per heavy atom. The Hall–Kier alpha value is -2.03. The molecule has 3 heteroatoms. The van der Waals surface area contributed by atoms with Crippen molar-refractivity contribution in [1.29, 1.82) is 0 Å². The molecule has 0 aliphatic rings. The molecule has 1 aromatic heterocycles. The van der Waals surface area contributed by atoms with Crippen LogP contribution in [-0.4, -0.2) is 4.57 Å². The smallest absolute Gasteiger partial charge is 0.253 e. The second-order valence-electron chi connectivity index (χ2n) is 4.26. The van der Waals surface area contributed by atoms with Crippen molar-refractivity contribution in [3.05, 3.63) is 63.6 Å². The third-order valence-electron chi connectivity index (χ3n) is 3.04. The summed E-state index contributed by atoms with van der Waals surface area (Å²) in [5, 5.41) is 0. The number of hydrogen-bond donors (Lipinski definition) is 1. The summed E-state index contributed by atoms with van der Waals surface area (Å²) < 4.78 is 1.71.